The number of carbonyl (C=O) groups is 2. The van der Waals surface area contributed by atoms with Gasteiger partial charge in [0.25, 0.3) is 5.91 Å². The van der Waals surface area contributed by atoms with E-state index < -0.39 is 12.1 Å². The van der Waals surface area contributed by atoms with E-state index in [2.05, 4.69) is 11.4 Å². The van der Waals surface area contributed by atoms with Gasteiger partial charge in [-0.1, -0.05) is 24.3 Å². The molecule has 0 spiro atoms. The van der Waals surface area contributed by atoms with Gasteiger partial charge in [0.15, 0.2) is 12.7 Å². The van der Waals surface area contributed by atoms with Crippen molar-refractivity contribution >= 4 is 11.9 Å². The Morgan fingerprint density at radius 3 is 2.71 bits per heavy atom. The van der Waals surface area contributed by atoms with E-state index >= 15 is 0 Å². The Hall–Kier alpha value is -3.33. The maximum atomic E-state index is 12.2. The molecule has 1 amide bonds. The predicted molar refractivity (Wildman–Crippen MR) is 102 cm³/mol. The molecule has 2 atom stereocenters. The first-order valence-electron chi connectivity index (χ1n) is 9.27. The molecule has 144 valence electrons. The van der Waals surface area contributed by atoms with Gasteiger partial charge in [0.05, 0.1) is 17.7 Å². The molecule has 3 rings (SSSR count). The van der Waals surface area contributed by atoms with Crippen molar-refractivity contribution in [2.75, 3.05) is 6.61 Å². The summed E-state index contributed by atoms with van der Waals surface area (Å²) in [6, 6.07) is 16.4. The molecular weight excluding hydrogens is 356 g/mol. The lowest BCUT2D eigenvalue weighted by molar-refractivity contribution is -0.154. The highest BCUT2D eigenvalue weighted by atomic mass is 16.6. The summed E-state index contributed by atoms with van der Waals surface area (Å²) in [5, 5.41) is 11.7. The third-order valence-electron chi connectivity index (χ3n) is 4.68. The molecule has 0 radical (unpaired) electrons. The first-order valence-corrected chi connectivity index (χ1v) is 9.27. The second-order valence-electron chi connectivity index (χ2n) is 6.72. The van der Waals surface area contributed by atoms with E-state index in [1.807, 2.05) is 24.3 Å². The van der Waals surface area contributed by atoms with Crippen LogP contribution in [0.5, 0.6) is 5.75 Å². The van der Waals surface area contributed by atoms with Gasteiger partial charge in [-0.15, -0.1) is 0 Å². The maximum Gasteiger partial charge on any atom is 0.347 e. The van der Waals surface area contributed by atoms with E-state index in [4.69, 9.17) is 14.7 Å². The number of hydrogen-bond acceptors (Lipinski definition) is 5. The maximum absolute atomic E-state index is 12.2. The molecule has 1 aliphatic carbocycles. The Bertz CT molecular complexity index is 886. The van der Waals surface area contributed by atoms with Gasteiger partial charge >= 0.3 is 5.97 Å². The lowest BCUT2D eigenvalue weighted by Crippen LogP contribution is -2.36. The molecule has 0 unspecified atom stereocenters. The quantitative estimate of drug-likeness (QED) is 0.781. The molecular formula is C22H22N2O4. The van der Waals surface area contributed by atoms with Gasteiger partial charge in [-0.3, -0.25) is 4.79 Å². The van der Waals surface area contributed by atoms with Crippen molar-refractivity contribution in [2.45, 2.75) is 38.3 Å². The Labute approximate surface area is 164 Å². The van der Waals surface area contributed by atoms with Crippen LogP contribution in [0.3, 0.4) is 0 Å². The molecule has 1 N–H and O–H groups in total. The van der Waals surface area contributed by atoms with Crippen molar-refractivity contribution in [3.63, 3.8) is 0 Å². The largest absolute Gasteiger partial charge is 0.479 e. The normalized spacial score (nSPS) is 16.2. The number of aryl methyl sites for hydroxylation is 1. The Balaban J connectivity index is 1.47. The number of carbonyl (C=O) groups excluding carboxylic acids is 2. The van der Waals surface area contributed by atoms with Crippen LogP contribution in [0.4, 0.5) is 0 Å². The molecule has 0 bridgehead atoms. The zero-order valence-electron chi connectivity index (χ0n) is 15.7. The second-order valence-corrected chi connectivity index (χ2v) is 6.72. The third-order valence-corrected chi connectivity index (χ3v) is 4.68. The molecule has 1 aliphatic rings. The van der Waals surface area contributed by atoms with E-state index in [1.54, 1.807) is 31.2 Å². The zero-order valence-corrected chi connectivity index (χ0v) is 15.7. The average Bonchev–Trinajstić information content (AvgIpc) is 2.73. The minimum Gasteiger partial charge on any atom is -0.479 e. The fourth-order valence-corrected chi connectivity index (χ4v) is 3.25. The van der Waals surface area contributed by atoms with E-state index in [-0.39, 0.29) is 18.6 Å². The van der Waals surface area contributed by atoms with Crippen molar-refractivity contribution in [1.29, 1.82) is 5.26 Å². The lowest BCUT2D eigenvalue weighted by Gasteiger charge is -2.26. The minimum absolute atomic E-state index is 0.0523. The summed E-state index contributed by atoms with van der Waals surface area (Å²) in [5.41, 5.74) is 2.88. The second kappa shape index (κ2) is 9.05. The number of nitriles is 1. The highest BCUT2D eigenvalue weighted by Gasteiger charge is 2.23. The van der Waals surface area contributed by atoms with Gasteiger partial charge in [0, 0.05) is 0 Å². The fourth-order valence-electron chi connectivity index (χ4n) is 3.25. The smallest absolute Gasteiger partial charge is 0.347 e. The Kier molecular flexibility index (Phi) is 6.28. The molecule has 6 nitrogen and oxygen atoms in total. The van der Waals surface area contributed by atoms with Gasteiger partial charge in [-0.05, 0) is 61.6 Å². The molecule has 0 aliphatic heterocycles. The van der Waals surface area contributed by atoms with Gasteiger partial charge in [0.2, 0.25) is 0 Å². The van der Waals surface area contributed by atoms with Gasteiger partial charge in [-0.2, -0.15) is 5.26 Å². The number of fused-ring (bicyclic) bond motifs is 1. The van der Waals surface area contributed by atoms with Crippen molar-refractivity contribution in [3.05, 3.63) is 65.2 Å². The summed E-state index contributed by atoms with van der Waals surface area (Å²) in [7, 11) is 0. The number of rotatable bonds is 6. The van der Waals surface area contributed by atoms with E-state index in [1.165, 1.54) is 5.56 Å². The topological polar surface area (TPSA) is 88.4 Å². The summed E-state index contributed by atoms with van der Waals surface area (Å²) in [6.07, 6.45) is 2.03. The summed E-state index contributed by atoms with van der Waals surface area (Å²) >= 11 is 0. The number of benzene rings is 2. The standard InChI is InChI=1S/C22H22N2O4/c1-15(28-18-11-9-16(13-23)10-12-18)22(26)27-14-21(25)24-20-8-4-6-17-5-2-3-7-19(17)20/h2-3,5,7,9-12,15,20H,4,6,8,14H2,1H3,(H,24,25)/t15-,20-/m1/s1. The van der Waals surface area contributed by atoms with E-state index in [9.17, 15) is 9.59 Å². The van der Waals surface area contributed by atoms with Crippen LogP contribution in [0.15, 0.2) is 48.5 Å². The monoisotopic (exact) mass is 378 g/mol. The van der Waals surface area contributed by atoms with Crippen molar-refractivity contribution in [3.8, 4) is 11.8 Å². The molecule has 0 saturated heterocycles. The minimum atomic E-state index is -0.865. The first-order chi connectivity index (χ1) is 13.6. The highest BCUT2D eigenvalue weighted by molar-refractivity contribution is 5.82. The number of nitrogens with zero attached hydrogens (tertiary/aromatic N) is 1. The summed E-state index contributed by atoms with van der Waals surface area (Å²) in [5.74, 6) is -0.504. The molecule has 28 heavy (non-hydrogen) atoms. The number of esters is 1. The molecule has 0 fully saturated rings. The SMILES string of the molecule is C[C@@H](Oc1ccc(C#N)cc1)C(=O)OCC(=O)N[C@@H]1CCCc2ccccc21. The number of amides is 1. The van der Waals surface area contributed by atoms with Crippen LogP contribution < -0.4 is 10.1 Å². The molecule has 0 saturated carbocycles. The first kappa shape index (κ1) is 19.4. The summed E-state index contributed by atoms with van der Waals surface area (Å²) < 4.78 is 10.6. The molecule has 2 aromatic rings. The molecule has 6 heteroatoms. The lowest BCUT2D eigenvalue weighted by atomic mass is 9.88. The Morgan fingerprint density at radius 2 is 1.96 bits per heavy atom. The van der Waals surface area contributed by atoms with Crippen LogP contribution in [-0.2, 0) is 20.7 Å². The third kappa shape index (κ3) is 4.89. The van der Waals surface area contributed by atoms with Crippen LogP contribution in [0, 0.1) is 11.3 Å². The van der Waals surface area contributed by atoms with Crippen molar-refractivity contribution in [2.24, 2.45) is 0 Å². The van der Waals surface area contributed by atoms with Crippen molar-refractivity contribution in [1.82, 2.24) is 5.32 Å². The summed E-state index contributed by atoms with van der Waals surface area (Å²) in [6.45, 7) is 1.20. The fraction of sp³-hybridized carbons (Fsp3) is 0.318. The molecule has 0 heterocycles. The van der Waals surface area contributed by atoms with E-state index in [0.717, 1.165) is 24.8 Å². The van der Waals surface area contributed by atoms with Gasteiger partial charge in [-0.25, -0.2) is 4.79 Å². The Morgan fingerprint density at radius 1 is 1.21 bits per heavy atom. The van der Waals surface area contributed by atoms with Crippen LogP contribution in [0.1, 0.15) is 42.5 Å². The van der Waals surface area contributed by atoms with Crippen LogP contribution in [-0.4, -0.2) is 24.6 Å². The highest BCUT2D eigenvalue weighted by Crippen LogP contribution is 2.29. The van der Waals surface area contributed by atoms with Crippen LogP contribution in [0.25, 0.3) is 0 Å². The molecule has 2 aromatic carbocycles. The zero-order chi connectivity index (χ0) is 19.9. The van der Waals surface area contributed by atoms with E-state index in [0.29, 0.717) is 11.3 Å². The summed E-state index contributed by atoms with van der Waals surface area (Å²) in [4.78, 5) is 24.3. The van der Waals surface area contributed by atoms with Gasteiger partial charge in [0.1, 0.15) is 5.75 Å². The average molecular weight is 378 g/mol. The number of hydrogen-bond donors (Lipinski definition) is 1. The number of nitrogens with one attached hydrogen (secondary N) is 1. The van der Waals surface area contributed by atoms with Gasteiger partial charge < -0.3 is 14.8 Å². The van der Waals surface area contributed by atoms with Crippen LogP contribution in [0.2, 0.25) is 0 Å². The number of ether oxygens (including phenoxy) is 2. The molecule has 0 aromatic heterocycles. The predicted octanol–water partition coefficient (Wildman–Crippen LogP) is 3.06. The van der Waals surface area contributed by atoms with Crippen LogP contribution >= 0.6 is 0 Å². The van der Waals surface area contributed by atoms with Crippen molar-refractivity contribution < 1.29 is 19.1 Å².